The van der Waals surface area contributed by atoms with Crippen LogP contribution in [0, 0.1) is 0 Å². The van der Waals surface area contributed by atoms with E-state index in [2.05, 4.69) is 4.98 Å². The van der Waals surface area contributed by atoms with Crippen molar-refractivity contribution in [2.75, 3.05) is 20.2 Å². The Bertz CT molecular complexity index is 716. The minimum absolute atomic E-state index is 0.0724. The van der Waals surface area contributed by atoms with Gasteiger partial charge in [-0.25, -0.2) is 0 Å². The molecule has 1 heterocycles. The molecule has 126 valence electrons. The molecule has 23 heavy (non-hydrogen) atoms. The van der Waals surface area contributed by atoms with Crippen molar-refractivity contribution >= 4 is 10.9 Å². The van der Waals surface area contributed by atoms with Crippen molar-refractivity contribution in [3.8, 4) is 5.75 Å². The van der Waals surface area contributed by atoms with Gasteiger partial charge >= 0.3 is 0 Å². The highest BCUT2D eigenvalue weighted by Crippen LogP contribution is 2.19. The van der Waals surface area contributed by atoms with Gasteiger partial charge in [0.15, 0.2) is 0 Å². The SMILES string of the molecule is CCOc1ccc2[nH]c(=O)c(CN(C)CCC(C)(C)O)cc2c1. The highest BCUT2D eigenvalue weighted by atomic mass is 16.5. The van der Waals surface area contributed by atoms with Crippen molar-refractivity contribution in [2.24, 2.45) is 0 Å². The second-order valence-corrected chi connectivity index (χ2v) is 6.61. The molecule has 1 aromatic heterocycles. The minimum Gasteiger partial charge on any atom is -0.494 e. The van der Waals surface area contributed by atoms with Gasteiger partial charge in [0.25, 0.3) is 5.56 Å². The average Bonchev–Trinajstić information content (AvgIpc) is 2.46. The zero-order valence-electron chi connectivity index (χ0n) is 14.3. The number of hydrogen-bond acceptors (Lipinski definition) is 4. The van der Waals surface area contributed by atoms with E-state index in [0.717, 1.165) is 23.2 Å². The van der Waals surface area contributed by atoms with E-state index in [4.69, 9.17) is 4.74 Å². The third-order valence-corrected chi connectivity index (χ3v) is 3.75. The molecular weight excluding hydrogens is 292 g/mol. The Balaban J connectivity index is 2.19. The van der Waals surface area contributed by atoms with Gasteiger partial charge in [0.2, 0.25) is 0 Å². The Kier molecular flexibility index (Phi) is 5.44. The molecule has 0 amide bonds. The normalized spacial score (nSPS) is 12.1. The predicted molar refractivity (Wildman–Crippen MR) is 93.0 cm³/mol. The molecule has 5 heteroatoms. The fourth-order valence-electron chi connectivity index (χ4n) is 2.44. The van der Waals surface area contributed by atoms with Crippen LogP contribution in [0.2, 0.25) is 0 Å². The zero-order chi connectivity index (χ0) is 17.0. The molecule has 5 nitrogen and oxygen atoms in total. The van der Waals surface area contributed by atoms with Crippen molar-refractivity contribution in [1.29, 1.82) is 0 Å². The van der Waals surface area contributed by atoms with Gasteiger partial charge in [-0.3, -0.25) is 4.79 Å². The van der Waals surface area contributed by atoms with Gasteiger partial charge in [-0.05, 0) is 58.5 Å². The molecular formula is C18H26N2O3. The molecule has 0 saturated carbocycles. The highest BCUT2D eigenvalue weighted by Gasteiger charge is 2.14. The molecule has 0 aliphatic rings. The maximum absolute atomic E-state index is 12.2. The molecule has 0 aliphatic heterocycles. The third kappa shape index (κ3) is 5.08. The summed E-state index contributed by atoms with van der Waals surface area (Å²) in [7, 11) is 1.95. The maximum atomic E-state index is 12.2. The lowest BCUT2D eigenvalue weighted by Gasteiger charge is -2.22. The molecule has 2 aromatic rings. The molecule has 0 bridgehead atoms. The van der Waals surface area contributed by atoms with Crippen molar-refractivity contribution in [3.63, 3.8) is 0 Å². The fraction of sp³-hybridized carbons (Fsp3) is 0.500. The lowest BCUT2D eigenvalue weighted by atomic mass is 10.1. The lowest BCUT2D eigenvalue weighted by Crippen LogP contribution is -2.29. The second kappa shape index (κ2) is 7.15. The lowest BCUT2D eigenvalue weighted by molar-refractivity contribution is 0.0599. The first-order valence-electron chi connectivity index (χ1n) is 7.98. The summed E-state index contributed by atoms with van der Waals surface area (Å²) in [6.07, 6.45) is 0.656. The molecule has 2 rings (SSSR count). The van der Waals surface area contributed by atoms with Crippen LogP contribution in [0.25, 0.3) is 10.9 Å². The van der Waals surface area contributed by atoms with Crippen LogP contribution in [0.5, 0.6) is 5.75 Å². The van der Waals surface area contributed by atoms with Gasteiger partial charge in [0.05, 0.1) is 12.2 Å². The number of hydrogen-bond donors (Lipinski definition) is 2. The fourth-order valence-corrected chi connectivity index (χ4v) is 2.44. The highest BCUT2D eigenvalue weighted by molar-refractivity contribution is 5.80. The molecule has 0 radical (unpaired) electrons. The van der Waals surface area contributed by atoms with Gasteiger partial charge in [-0.1, -0.05) is 0 Å². The largest absolute Gasteiger partial charge is 0.494 e. The average molecular weight is 318 g/mol. The van der Waals surface area contributed by atoms with E-state index in [-0.39, 0.29) is 5.56 Å². The van der Waals surface area contributed by atoms with Gasteiger partial charge in [-0.15, -0.1) is 0 Å². The Morgan fingerprint density at radius 1 is 1.30 bits per heavy atom. The van der Waals surface area contributed by atoms with E-state index in [1.165, 1.54) is 0 Å². The van der Waals surface area contributed by atoms with Crippen LogP contribution in [0.3, 0.4) is 0 Å². The van der Waals surface area contributed by atoms with Crippen molar-refractivity contribution in [1.82, 2.24) is 9.88 Å². The van der Waals surface area contributed by atoms with Crippen LogP contribution in [0.1, 0.15) is 32.8 Å². The number of aromatic amines is 1. The van der Waals surface area contributed by atoms with E-state index in [9.17, 15) is 9.90 Å². The molecule has 0 spiro atoms. The zero-order valence-corrected chi connectivity index (χ0v) is 14.3. The summed E-state index contributed by atoms with van der Waals surface area (Å²) in [4.78, 5) is 17.2. The van der Waals surface area contributed by atoms with E-state index >= 15 is 0 Å². The van der Waals surface area contributed by atoms with Crippen molar-refractivity contribution in [2.45, 2.75) is 39.3 Å². The number of nitrogens with zero attached hydrogens (tertiary/aromatic N) is 1. The summed E-state index contributed by atoms with van der Waals surface area (Å²) in [6.45, 7) is 7.40. The predicted octanol–water partition coefficient (Wildman–Crippen LogP) is 2.52. The number of rotatable bonds is 7. The number of aromatic nitrogens is 1. The van der Waals surface area contributed by atoms with E-state index < -0.39 is 5.60 Å². The van der Waals surface area contributed by atoms with Crippen molar-refractivity contribution < 1.29 is 9.84 Å². The number of pyridine rings is 1. The Morgan fingerprint density at radius 3 is 2.70 bits per heavy atom. The Labute approximate surface area is 136 Å². The van der Waals surface area contributed by atoms with Crippen LogP contribution < -0.4 is 10.3 Å². The number of fused-ring (bicyclic) bond motifs is 1. The summed E-state index contributed by atoms with van der Waals surface area (Å²) in [5.41, 5.74) is 0.749. The van der Waals surface area contributed by atoms with Gasteiger partial charge < -0.3 is 19.7 Å². The van der Waals surface area contributed by atoms with Gasteiger partial charge in [0.1, 0.15) is 5.75 Å². The molecule has 0 atom stereocenters. The van der Waals surface area contributed by atoms with E-state index in [1.807, 2.05) is 43.1 Å². The molecule has 0 aliphatic carbocycles. The first-order chi connectivity index (χ1) is 10.8. The summed E-state index contributed by atoms with van der Waals surface area (Å²) in [6, 6.07) is 7.58. The molecule has 0 unspecified atom stereocenters. The van der Waals surface area contributed by atoms with E-state index in [0.29, 0.717) is 25.1 Å². The van der Waals surface area contributed by atoms with Crippen molar-refractivity contribution in [3.05, 3.63) is 40.2 Å². The molecule has 0 fully saturated rings. The summed E-state index contributed by atoms with van der Waals surface area (Å²) in [5, 5.41) is 10.8. The smallest absolute Gasteiger partial charge is 0.252 e. The quantitative estimate of drug-likeness (QED) is 0.823. The summed E-state index contributed by atoms with van der Waals surface area (Å²) < 4.78 is 5.51. The standard InChI is InChI=1S/C18H26N2O3/c1-5-23-15-6-7-16-13(11-15)10-14(17(21)19-16)12-20(4)9-8-18(2,3)22/h6-7,10-11,22H,5,8-9,12H2,1-4H3,(H,19,21). The maximum Gasteiger partial charge on any atom is 0.252 e. The molecule has 2 N–H and O–H groups in total. The topological polar surface area (TPSA) is 65.6 Å². The second-order valence-electron chi connectivity index (χ2n) is 6.61. The van der Waals surface area contributed by atoms with Gasteiger partial charge in [0, 0.05) is 29.6 Å². The number of H-pyrrole nitrogens is 1. The Morgan fingerprint density at radius 2 is 2.04 bits per heavy atom. The van der Waals surface area contributed by atoms with Crippen LogP contribution in [-0.4, -0.2) is 40.8 Å². The number of benzene rings is 1. The first-order valence-corrected chi connectivity index (χ1v) is 7.98. The summed E-state index contributed by atoms with van der Waals surface area (Å²) >= 11 is 0. The number of ether oxygens (including phenoxy) is 1. The Hall–Kier alpha value is -1.85. The first kappa shape index (κ1) is 17.5. The molecule has 0 saturated heterocycles. The summed E-state index contributed by atoms with van der Waals surface area (Å²) in [5.74, 6) is 0.799. The van der Waals surface area contributed by atoms with Crippen LogP contribution in [0.15, 0.2) is 29.1 Å². The van der Waals surface area contributed by atoms with Crippen LogP contribution in [-0.2, 0) is 6.54 Å². The molecule has 1 aromatic carbocycles. The third-order valence-electron chi connectivity index (χ3n) is 3.75. The van der Waals surface area contributed by atoms with Crippen LogP contribution in [0.4, 0.5) is 0 Å². The number of aliphatic hydroxyl groups is 1. The van der Waals surface area contributed by atoms with E-state index in [1.54, 1.807) is 13.8 Å². The minimum atomic E-state index is -0.698. The van der Waals surface area contributed by atoms with Gasteiger partial charge in [-0.2, -0.15) is 0 Å². The monoisotopic (exact) mass is 318 g/mol. The number of nitrogens with one attached hydrogen (secondary N) is 1. The van der Waals surface area contributed by atoms with Crippen LogP contribution >= 0.6 is 0 Å².